The van der Waals surface area contributed by atoms with Crippen LogP contribution in [0.5, 0.6) is 0 Å². The maximum absolute atomic E-state index is 12.3. The molecule has 118 valence electrons. The standard InChI is InChI=1S/C14H17ClN4O3/c1-5-9-8-11(20)19(13(21)22-14(2,3)4)18(9)10-6-7-16-12(15)17-10/h6-8H,5H2,1-4H3. The number of hydrogen-bond donors (Lipinski definition) is 0. The van der Waals surface area contributed by atoms with Gasteiger partial charge in [-0.1, -0.05) is 6.92 Å². The minimum absolute atomic E-state index is 0.0245. The average molecular weight is 325 g/mol. The second-order valence-corrected chi connectivity index (χ2v) is 5.95. The quantitative estimate of drug-likeness (QED) is 0.793. The Labute approximate surface area is 132 Å². The first-order valence-electron chi connectivity index (χ1n) is 6.79. The lowest BCUT2D eigenvalue weighted by Gasteiger charge is -2.20. The highest BCUT2D eigenvalue weighted by Crippen LogP contribution is 2.13. The smallest absolute Gasteiger partial charge is 0.437 e. The number of carbonyl (C=O) groups excluding carboxylic acids is 1. The predicted octanol–water partition coefficient (Wildman–Crippen LogP) is 2.43. The Balaban J connectivity index is 2.62. The van der Waals surface area contributed by atoms with Crippen molar-refractivity contribution in [2.75, 3.05) is 0 Å². The number of rotatable bonds is 2. The predicted molar refractivity (Wildman–Crippen MR) is 81.6 cm³/mol. The van der Waals surface area contributed by atoms with Gasteiger partial charge in [0.15, 0.2) is 5.82 Å². The van der Waals surface area contributed by atoms with Gasteiger partial charge >= 0.3 is 6.09 Å². The summed E-state index contributed by atoms with van der Waals surface area (Å²) >= 11 is 5.80. The van der Waals surface area contributed by atoms with E-state index in [-0.39, 0.29) is 5.28 Å². The van der Waals surface area contributed by atoms with Gasteiger partial charge < -0.3 is 4.74 Å². The normalized spacial score (nSPS) is 11.5. The lowest BCUT2D eigenvalue weighted by molar-refractivity contribution is 0.0495. The molecule has 2 heterocycles. The van der Waals surface area contributed by atoms with Gasteiger partial charge in [-0.25, -0.2) is 14.5 Å². The molecule has 0 spiro atoms. The van der Waals surface area contributed by atoms with E-state index in [9.17, 15) is 9.59 Å². The Morgan fingerprint density at radius 2 is 2.09 bits per heavy atom. The van der Waals surface area contributed by atoms with Crippen molar-refractivity contribution >= 4 is 17.7 Å². The summed E-state index contributed by atoms with van der Waals surface area (Å²) in [4.78, 5) is 32.4. The minimum Gasteiger partial charge on any atom is -0.442 e. The van der Waals surface area contributed by atoms with Crippen molar-refractivity contribution in [3.8, 4) is 5.82 Å². The van der Waals surface area contributed by atoms with Crippen LogP contribution in [-0.2, 0) is 11.2 Å². The molecular weight excluding hydrogens is 308 g/mol. The van der Waals surface area contributed by atoms with Gasteiger partial charge in [-0.3, -0.25) is 4.79 Å². The number of nitrogens with zero attached hydrogens (tertiary/aromatic N) is 4. The molecule has 0 bridgehead atoms. The summed E-state index contributed by atoms with van der Waals surface area (Å²) in [6.07, 6.45) is 1.22. The van der Waals surface area contributed by atoms with Crippen molar-refractivity contribution < 1.29 is 9.53 Å². The highest BCUT2D eigenvalue weighted by Gasteiger charge is 2.24. The number of aromatic nitrogens is 4. The van der Waals surface area contributed by atoms with E-state index in [0.29, 0.717) is 17.9 Å². The van der Waals surface area contributed by atoms with Gasteiger partial charge in [0.2, 0.25) is 5.28 Å². The van der Waals surface area contributed by atoms with Gasteiger partial charge in [0.1, 0.15) is 5.60 Å². The molecule has 2 rings (SSSR count). The SMILES string of the molecule is CCc1cc(=O)n(C(=O)OC(C)(C)C)n1-c1ccnc(Cl)n1. The van der Waals surface area contributed by atoms with Gasteiger partial charge in [-0.15, -0.1) is 4.68 Å². The van der Waals surface area contributed by atoms with Gasteiger partial charge in [-0.2, -0.15) is 4.98 Å². The van der Waals surface area contributed by atoms with Crippen LogP contribution in [0.4, 0.5) is 4.79 Å². The van der Waals surface area contributed by atoms with Crippen LogP contribution in [0.3, 0.4) is 0 Å². The Kier molecular flexibility index (Phi) is 4.37. The summed E-state index contributed by atoms with van der Waals surface area (Å²) < 4.78 is 7.58. The van der Waals surface area contributed by atoms with E-state index in [4.69, 9.17) is 16.3 Å². The summed E-state index contributed by atoms with van der Waals surface area (Å²) in [5.41, 5.74) is -0.590. The summed E-state index contributed by atoms with van der Waals surface area (Å²) in [7, 11) is 0. The molecule has 0 unspecified atom stereocenters. The highest BCUT2D eigenvalue weighted by molar-refractivity contribution is 6.28. The van der Waals surface area contributed by atoms with Crippen LogP contribution in [0, 0.1) is 0 Å². The molecule has 2 aromatic rings. The van der Waals surface area contributed by atoms with Crippen LogP contribution in [0.15, 0.2) is 23.1 Å². The molecule has 0 saturated heterocycles. The van der Waals surface area contributed by atoms with Gasteiger partial charge in [0.25, 0.3) is 5.56 Å². The van der Waals surface area contributed by atoms with E-state index in [1.54, 1.807) is 26.8 Å². The number of hydrogen-bond acceptors (Lipinski definition) is 5. The topological polar surface area (TPSA) is 79.0 Å². The van der Waals surface area contributed by atoms with Crippen LogP contribution in [-0.4, -0.2) is 31.0 Å². The molecule has 8 heteroatoms. The zero-order valence-corrected chi connectivity index (χ0v) is 13.6. The molecular formula is C14H17ClN4O3. The molecule has 0 amide bonds. The molecule has 0 radical (unpaired) electrons. The van der Waals surface area contributed by atoms with Crippen LogP contribution in [0.25, 0.3) is 5.82 Å². The van der Waals surface area contributed by atoms with Gasteiger partial charge in [0.05, 0.1) is 0 Å². The molecule has 0 fully saturated rings. The third-order valence-corrected chi connectivity index (χ3v) is 2.91. The molecule has 0 aromatic carbocycles. The third-order valence-electron chi connectivity index (χ3n) is 2.73. The van der Waals surface area contributed by atoms with E-state index in [1.165, 1.54) is 16.9 Å². The fourth-order valence-corrected chi connectivity index (χ4v) is 2.06. The maximum atomic E-state index is 12.3. The first kappa shape index (κ1) is 16.2. The molecule has 0 atom stereocenters. The summed E-state index contributed by atoms with van der Waals surface area (Å²) in [6, 6.07) is 2.94. The van der Waals surface area contributed by atoms with E-state index < -0.39 is 17.3 Å². The summed E-state index contributed by atoms with van der Waals surface area (Å²) in [5.74, 6) is 0.324. The Morgan fingerprint density at radius 1 is 1.41 bits per heavy atom. The largest absolute Gasteiger partial charge is 0.442 e. The Hall–Kier alpha value is -2.15. The molecule has 22 heavy (non-hydrogen) atoms. The molecule has 0 aliphatic heterocycles. The van der Waals surface area contributed by atoms with Gasteiger partial charge in [-0.05, 0) is 38.8 Å². The molecule has 0 saturated carbocycles. The van der Waals surface area contributed by atoms with E-state index >= 15 is 0 Å². The van der Waals surface area contributed by atoms with E-state index in [2.05, 4.69) is 9.97 Å². The summed E-state index contributed by atoms with van der Waals surface area (Å²) in [5, 5.41) is 0.0245. The lowest BCUT2D eigenvalue weighted by Crippen LogP contribution is -2.35. The monoisotopic (exact) mass is 324 g/mol. The molecule has 0 N–H and O–H groups in total. The van der Waals surface area contributed by atoms with Crippen molar-refractivity contribution in [2.45, 2.75) is 39.7 Å². The second kappa shape index (κ2) is 5.92. The fraction of sp³-hybridized carbons (Fsp3) is 0.429. The minimum atomic E-state index is -0.771. The van der Waals surface area contributed by atoms with Crippen molar-refractivity contribution in [3.63, 3.8) is 0 Å². The average Bonchev–Trinajstić information content (AvgIpc) is 2.73. The molecule has 2 aromatic heterocycles. The van der Waals surface area contributed by atoms with Crippen LogP contribution < -0.4 is 5.56 Å². The van der Waals surface area contributed by atoms with E-state index in [1.807, 2.05) is 6.92 Å². The zero-order valence-electron chi connectivity index (χ0n) is 12.8. The first-order chi connectivity index (χ1) is 10.2. The second-order valence-electron chi connectivity index (χ2n) is 5.62. The first-order valence-corrected chi connectivity index (χ1v) is 7.17. The molecule has 0 aliphatic rings. The van der Waals surface area contributed by atoms with E-state index in [0.717, 1.165) is 4.68 Å². The number of ether oxygens (including phenoxy) is 1. The molecule has 7 nitrogen and oxygen atoms in total. The summed E-state index contributed by atoms with van der Waals surface area (Å²) in [6.45, 7) is 7.05. The third kappa shape index (κ3) is 3.36. The van der Waals surface area contributed by atoms with Crippen molar-refractivity contribution in [1.29, 1.82) is 0 Å². The van der Waals surface area contributed by atoms with Crippen molar-refractivity contribution in [1.82, 2.24) is 19.3 Å². The van der Waals surface area contributed by atoms with Crippen LogP contribution in [0.1, 0.15) is 33.4 Å². The Bertz CT molecular complexity index is 758. The van der Waals surface area contributed by atoms with Crippen LogP contribution in [0.2, 0.25) is 5.28 Å². The highest BCUT2D eigenvalue weighted by atomic mass is 35.5. The van der Waals surface area contributed by atoms with Crippen molar-refractivity contribution in [2.24, 2.45) is 0 Å². The number of halogens is 1. The van der Waals surface area contributed by atoms with Crippen LogP contribution >= 0.6 is 11.6 Å². The number of carbonyl (C=O) groups is 1. The van der Waals surface area contributed by atoms with Crippen molar-refractivity contribution in [3.05, 3.63) is 39.7 Å². The Morgan fingerprint density at radius 3 is 2.64 bits per heavy atom. The maximum Gasteiger partial charge on any atom is 0.437 e. The number of aryl methyl sites for hydroxylation is 1. The zero-order chi connectivity index (χ0) is 16.5. The lowest BCUT2D eigenvalue weighted by atomic mass is 10.2. The fourth-order valence-electron chi connectivity index (χ4n) is 1.91. The molecule has 0 aliphatic carbocycles. The van der Waals surface area contributed by atoms with Gasteiger partial charge in [0, 0.05) is 24.0 Å².